The van der Waals surface area contributed by atoms with Crippen molar-refractivity contribution in [2.75, 3.05) is 5.32 Å². The van der Waals surface area contributed by atoms with Crippen LogP contribution in [0.4, 0.5) is 5.69 Å². The fourth-order valence-electron chi connectivity index (χ4n) is 3.31. The highest BCUT2D eigenvalue weighted by atomic mass is 32.2. The molecule has 0 aliphatic rings. The van der Waals surface area contributed by atoms with E-state index in [4.69, 9.17) is 4.42 Å². The van der Waals surface area contributed by atoms with Crippen LogP contribution < -0.4 is 15.8 Å². The van der Waals surface area contributed by atoms with Gasteiger partial charge in [-0.25, -0.2) is 13.2 Å². The maximum Gasteiger partial charge on any atom is 0.419 e. The Kier molecular flexibility index (Phi) is 6.38. The van der Waals surface area contributed by atoms with Crippen molar-refractivity contribution in [2.45, 2.75) is 45.1 Å². The van der Waals surface area contributed by atoms with Gasteiger partial charge < -0.3 is 9.73 Å². The van der Waals surface area contributed by atoms with Gasteiger partial charge in [0, 0.05) is 18.8 Å². The molecule has 0 aliphatic carbocycles. The Hall–Kier alpha value is -2.91. The van der Waals surface area contributed by atoms with E-state index in [1.54, 1.807) is 0 Å². The number of aromatic nitrogens is 1. The number of aryl methyl sites for hydroxylation is 3. The summed E-state index contributed by atoms with van der Waals surface area (Å²) in [5.74, 6) is -0.937. The highest BCUT2D eigenvalue weighted by Crippen LogP contribution is 2.21. The van der Waals surface area contributed by atoms with Crippen molar-refractivity contribution in [2.24, 2.45) is 13.0 Å². The van der Waals surface area contributed by atoms with E-state index >= 15 is 0 Å². The van der Waals surface area contributed by atoms with Gasteiger partial charge in [-0.1, -0.05) is 26.0 Å². The molecule has 1 atom stereocenters. The molecule has 0 aliphatic heterocycles. The molecule has 31 heavy (non-hydrogen) atoms. The van der Waals surface area contributed by atoms with Crippen LogP contribution >= 0.6 is 0 Å². The molecule has 8 nitrogen and oxygen atoms in total. The maximum absolute atomic E-state index is 13.0. The van der Waals surface area contributed by atoms with Crippen molar-refractivity contribution in [1.82, 2.24) is 9.29 Å². The molecule has 2 aromatic carbocycles. The SMILES string of the molecule is Cc1ccc(C)c(NC(=O)C(CC(C)C)NS(=O)(=O)c2ccc3c(c2)oc(=O)n3C)c1. The minimum absolute atomic E-state index is 0.0756. The smallest absolute Gasteiger partial charge is 0.408 e. The first-order chi connectivity index (χ1) is 14.5. The number of anilines is 1. The molecule has 3 aromatic rings. The number of nitrogens with one attached hydrogen (secondary N) is 2. The van der Waals surface area contributed by atoms with Gasteiger partial charge in [-0.05, 0) is 55.5 Å². The lowest BCUT2D eigenvalue weighted by Crippen LogP contribution is -2.44. The summed E-state index contributed by atoms with van der Waals surface area (Å²) < 4.78 is 34.9. The van der Waals surface area contributed by atoms with Crippen molar-refractivity contribution in [3.63, 3.8) is 0 Å². The fraction of sp³-hybridized carbons (Fsp3) is 0.364. The number of hydrogen-bond acceptors (Lipinski definition) is 5. The molecule has 166 valence electrons. The van der Waals surface area contributed by atoms with E-state index in [1.807, 2.05) is 45.9 Å². The first-order valence-corrected chi connectivity index (χ1v) is 11.5. The summed E-state index contributed by atoms with van der Waals surface area (Å²) in [5.41, 5.74) is 3.16. The summed E-state index contributed by atoms with van der Waals surface area (Å²) in [7, 11) is -2.50. The second-order valence-corrected chi connectivity index (χ2v) is 9.88. The second kappa shape index (κ2) is 8.68. The standard InChI is InChI=1S/C22H27N3O5S/c1-13(2)10-18(21(26)23-17-11-14(3)6-7-15(17)4)24-31(28,29)16-8-9-19-20(12-16)30-22(27)25(19)5/h6-9,11-13,18,24H,10H2,1-5H3,(H,23,26). The molecule has 1 unspecified atom stereocenters. The lowest BCUT2D eigenvalue weighted by Gasteiger charge is -2.21. The summed E-state index contributed by atoms with van der Waals surface area (Å²) in [6, 6.07) is 8.89. The minimum Gasteiger partial charge on any atom is -0.408 e. The van der Waals surface area contributed by atoms with E-state index in [-0.39, 0.29) is 16.4 Å². The van der Waals surface area contributed by atoms with Gasteiger partial charge in [0.1, 0.15) is 6.04 Å². The largest absolute Gasteiger partial charge is 0.419 e. The first kappa shape index (κ1) is 22.8. The van der Waals surface area contributed by atoms with Crippen molar-refractivity contribution in [3.05, 3.63) is 58.1 Å². The normalized spacial score (nSPS) is 13.0. The average Bonchev–Trinajstić information content (AvgIpc) is 2.97. The molecule has 2 N–H and O–H groups in total. The molecule has 0 spiro atoms. The van der Waals surface area contributed by atoms with Gasteiger partial charge in [0.05, 0.1) is 10.4 Å². The third kappa shape index (κ3) is 5.05. The van der Waals surface area contributed by atoms with E-state index < -0.39 is 27.7 Å². The van der Waals surface area contributed by atoms with Gasteiger partial charge in [0.15, 0.2) is 5.58 Å². The number of hydrogen-bond donors (Lipinski definition) is 2. The summed E-state index contributed by atoms with van der Waals surface area (Å²) >= 11 is 0. The van der Waals surface area contributed by atoms with Crippen LogP contribution in [0, 0.1) is 19.8 Å². The van der Waals surface area contributed by atoms with Crippen molar-refractivity contribution in [1.29, 1.82) is 0 Å². The Morgan fingerprint density at radius 3 is 2.52 bits per heavy atom. The number of rotatable bonds is 7. The third-order valence-electron chi connectivity index (χ3n) is 5.05. The number of benzene rings is 2. The molecule has 9 heteroatoms. The van der Waals surface area contributed by atoms with E-state index in [9.17, 15) is 18.0 Å². The molecular formula is C22H27N3O5S. The van der Waals surface area contributed by atoms with Crippen LogP contribution in [0.5, 0.6) is 0 Å². The molecule has 0 radical (unpaired) electrons. The molecule has 3 rings (SSSR count). The highest BCUT2D eigenvalue weighted by Gasteiger charge is 2.27. The predicted octanol–water partition coefficient (Wildman–Crippen LogP) is 3.08. The minimum atomic E-state index is -4.04. The molecule has 0 saturated heterocycles. The number of oxazole rings is 1. The number of amides is 1. The van der Waals surface area contributed by atoms with Crippen molar-refractivity contribution in [3.8, 4) is 0 Å². The Morgan fingerprint density at radius 1 is 1.13 bits per heavy atom. The van der Waals surface area contributed by atoms with E-state index in [0.717, 1.165) is 11.1 Å². The van der Waals surface area contributed by atoms with Crippen molar-refractivity contribution < 1.29 is 17.6 Å². The predicted molar refractivity (Wildman–Crippen MR) is 120 cm³/mol. The van der Waals surface area contributed by atoms with E-state index in [1.165, 1.54) is 29.8 Å². The van der Waals surface area contributed by atoms with Crippen LogP contribution in [0.25, 0.3) is 11.1 Å². The van der Waals surface area contributed by atoms with Gasteiger partial charge in [0.2, 0.25) is 15.9 Å². The van der Waals surface area contributed by atoms with E-state index in [0.29, 0.717) is 17.6 Å². The average molecular weight is 446 g/mol. The van der Waals surface area contributed by atoms with Crippen molar-refractivity contribution >= 4 is 32.7 Å². The Morgan fingerprint density at radius 2 is 1.84 bits per heavy atom. The van der Waals surface area contributed by atoms with E-state index in [2.05, 4.69) is 10.0 Å². The number of sulfonamides is 1. The zero-order chi connectivity index (χ0) is 22.9. The Balaban J connectivity index is 1.89. The van der Waals surface area contributed by atoms with Crippen LogP contribution in [-0.2, 0) is 21.9 Å². The molecular weight excluding hydrogens is 418 g/mol. The molecule has 1 amide bonds. The number of carbonyl (C=O) groups excluding carboxylic acids is 1. The molecule has 0 bridgehead atoms. The van der Waals surface area contributed by atoms with Gasteiger partial charge in [-0.15, -0.1) is 0 Å². The number of nitrogens with zero attached hydrogens (tertiary/aromatic N) is 1. The Bertz CT molecular complexity index is 1290. The zero-order valence-electron chi connectivity index (χ0n) is 18.2. The van der Waals surface area contributed by atoms with Gasteiger partial charge in [0.25, 0.3) is 0 Å². The Labute approximate surface area is 181 Å². The maximum atomic E-state index is 13.0. The quantitative estimate of drug-likeness (QED) is 0.581. The third-order valence-corrected chi connectivity index (χ3v) is 6.52. The van der Waals surface area contributed by atoms with Crippen LogP contribution in [0.15, 0.2) is 50.5 Å². The molecule has 0 fully saturated rings. The van der Waals surface area contributed by atoms with Gasteiger partial charge in [-0.2, -0.15) is 4.72 Å². The highest BCUT2D eigenvalue weighted by molar-refractivity contribution is 7.89. The van der Waals surface area contributed by atoms with Crippen LogP contribution in [0.1, 0.15) is 31.4 Å². The lowest BCUT2D eigenvalue weighted by molar-refractivity contribution is -0.118. The molecule has 1 heterocycles. The topological polar surface area (TPSA) is 110 Å². The molecule has 1 aromatic heterocycles. The zero-order valence-corrected chi connectivity index (χ0v) is 19.0. The van der Waals surface area contributed by atoms with Gasteiger partial charge >= 0.3 is 5.76 Å². The summed E-state index contributed by atoms with van der Waals surface area (Å²) in [6.45, 7) is 7.62. The molecule has 0 saturated carbocycles. The first-order valence-electron chi connectivity index (χ1n) is 9.98. The summed E-state index contributed by atoms with van der Waals surface area (Å²) in [4.78, 5) is 24.6. The number of carbonyl (C=O) groups is 1. The van der Waals surface area contributed by atoms with Gasteiger partial charge in [-0.3, -0.25) is 9.36 Å². The summed E-state index contributed by atoms with van der Waals surface area (Å²) in [6.07, 6.45) is 0.318. The second-order valence-electron chi connectivity index (χ2n) is 8.17. The van der Waals surface area contributed by atoms with Crippen LogP contribution in [0.3, 0.4) is 0 Å². The summed E-state index contributed by atoms with van der Waals surface area (Å²) in [5, 5.41) is 2.84. The van der Waals surface area contributed by atoms with Crippen LogP contribution in [-0.4, -0.2) is 24.9 Å². The lowest BCUT2D eigenvalue weighted by atomic mass is 10.0. The fourth-order valence-corrected chi connectivity index (χ4v) is 4.53. The monoisotopic (exact) mass is 445 g/mol. The number of fused-ring (bicyclic) bond motifs is 1. The van der Waals surface area contributed by atoms with Crippen LogP contribution in [0.2, 0.25) is 0 Å².